The van der Waals surface area contributed by atoms with Crippen molar-refractivity contribution >= 4 is 17.6 Å². The zero-order valence-electron chi connectivity index (χ0n) is 13.1. The first-order valence-corrected chi connectivity index (χ1v) is 7.38. The van der Waals surface area contributed by atoms with Crippen LogP contribution in [0.4, 0.5) is 10.5 Å². The molecule has 1 amide bonds. The molecule has 2 rings (SSSR count). The summed E-state index contributed by atoms with van der Waals surface area (Å²) in [7, 11) is 1.93. The summed E-state index contributed by atoms with van der Waals surface area (Å²) in [5.74, 6) is 0.495. The maximum absolute atomic E-state index is 12.2. The Morgan fingerprint density at radius 2 is 2.18 bits per heavy atom. The first-order valence-electron chi connectivity index (χ1n) is 7.38. The topological polar surface area (TPSA) is 78.9 Å². The number of carbonyl (C=O) groups is 2. The van der Waals surface area contributed by atoms with Gasteiger partial charge in [-0.3, -0.25) is 15.0 Å². The first kappa shape index (κ1) is 16.3. The SMILES string of the molecule is CC(C)Oc1cc(C2CCN(C)CC2=O)ccc1NC(=O)O. The Hall–Kier alpha value is -2.08. The number of nitrogens with zero attached hydrogens (tertiary/aromatic N) is 1. The molecule has 1 heterocycles. The van der Waals surface area contributed by atoms with E-state index in [1.807, 2.05) is 25.8 Å². The standard InChI is InChI=1S/C16H22N2O4/c1-10(2)22-15-8-11(4-5-13(15)17-16(20)21)12-6-7-18(3)9-14(12)19/h4-5,8,10,12,17H,6-7,9H2,1-3H3,(H,20,21). The van der Waals surface area contributed by atoms with Crippen LogP contribution in [-0.2, 0) is 4.79 Å². The average molecular weight is 306 g/mol. The van der Waals surface area contributed by atoms with E-state index in [0.717, 1.165) is 18.5 Å². The maximum atomic E-state index is 12.2. The minimum absolute atomic E-state index is 0.0854. The number of likely N-dealkylation sites (N-methyl/N-ethyl adjacent to an activating group) is 1. The van der Waals surface area contributed by atoms with E-state index >= 15 is 0 Å². The molecule has 1 unspecified atom stereocenters. The summed E-state index contributed by atoms with van der Waals surface area (Å²) in [5.41, 5.74) is 1.27. The second-order valence-electron chi connectivity index (χ2n) is 5.90. The number of Topliss-reactive ketones (excluding diaryl/α,β-unsaturated/α-hetero) is 1. The fourth-order valence-electron chi connectivity index (χ4n) is 2.64. The summed E-state index contributed by atoms with van der Waals surface area (Å²) in [4.78, 5) is 25.1. The molecule has 1 aromatic carbocycles. The van der Waals surface area contributed by atoms with E-state index in [2.05, 4.69) is 5.32 Å². The molecule has 6 nitrogen and oxygen atoms in total. The summed E-state index contributed by atoms with van der Waals surface area (Å²) in [6.07, 6.45) is -0.461. The Labute approximate surface area is 130 Å². The number of piperidine rings is 1. The van der Waals surface area contributed by atoms with Crippen molar-refractivity contribution in [2.24, 2.45) is 0 Å². The number of ketones is 1. The van der Waals surface area contributed by atoms with Crippen LogP contribution >= 0.6 is 0 Å². The number of likely N-dealkylation sites (tertiary alicyclic amines) is 1. The van der Waals surface area contributed by atoms with Crippen molar-refractivity contribution < 1.29 is 19.4 Å². The van der Waals surface area contributed by atoms with Gasteiger partial charge < -0.3 is 9.84 Å². The molecule has 2 N–H and O–H groups in total. The zero-order chi connectivity index (χ0) is 16.3. The summed E-state index contributed by atoms with van der Waals surface area (Å²) in [5, 5.41) is 11.2. The number of rotatable bonds is 4. The third-order valence-electron chi connectivity index (χ3n) is 3.63. The third kappa shape index (κ3) is 3.98. The number of anilines is 1. The summed E-state index contributed by atoms with van der Waals surface area (Å²) in [6, 6.07) is 5.23. The molecule has 1 atom stereocenters. The predicted molar refractivity (Wildman–Crippen MR) is 83.7 cm³/mol. The van der Waals surface area contributed by atoms with Crippen molar-refractivity contribution in [3.8, 4) is 5.75 Å². The van der Waals surface area contributed by atoms with Crippen LogP contribution < -0.4 is 10.1 Å². The first-order chi connectivity index (χ1) is 10.4. The quantitative estimate of drug-likeness (QED) is 0.893. The molecule has 1 aliphatic rings. The molecule has 120 valence electrons. The van der Waals surface area contributed by atoms with Gasteiger partial charge in [0.2, 0.25) is 0 Å². The van der Waals surface area contributed by atoms with Crippen LogP contribution in [0.25, 0.3) is 0 Å². The van der Waals surface area contributed by atoms with E-state index in [1.165, 1.54) is 0 Å². The van der Waals surface area contributed by atoms with Crippen molar-refractivity contribution in [2.75, 3.05) is 25.5 Å². The number of hydrogen-bond donors (Lipinski definition) is 2. The molecule has 1 saturated heterocycles. The number of carbonyl (C=O) groups excluding carboxylic acids is 1. The number of amides is 1. The van der Waals surface area contributed by atoms with Crippen molar-refractivity contribution in [2.45, 2.75) is 32.3 Å². The Kier molecular flexibility index (Phi) is 5.03. The fraction of sp³-hybridized carbons (Fsp3) is 0.500. The molecule has 1 aliphatic heterocycles. The van der Waals surface area contributed by atoms with Gasteiger partial charge in [0.05, 0.1) is 18.3 Å². The van der Waals surface area contributed by atoms with E-state index < -0.39 is 6.09 Å². The van der Waals surface area contributed by atoms with Gasteiger partial charge in [-0.25, -0.2) is 4.79 Å². The number of benzene rings is 1. The Balaban J connectivity index is 2.29. The Morgan fingerprint density at radius 1 is 1.45 bits per heavy atom. The van der Waals surface area contributed by atoms with Crippen molar-refractivity contribution in [1.29, 1.82) is 0 Å². The summed E-state index contributed by atoms with van der Waals surface area (Å²) in [6.45, 7) is 5.06. The molecule has 0 saturated carbocycles. The van der Waals surface area contributed by atoms with Gasteiger partial charge in [-0.2, -0.15) is 0 Å². The second-order valence-corrected chi connectivity index (χ2v) is 5.90. The monoisotopic (exact) mass is 306 g/mol. The van der Waals surface area contributed by atoms with Crippen LogP contribution in [-0.4, -0.2) is 48.1 Å². The molecule has 22 heavy (non-hydrogen) atoms. The normalized spacial score (nSPS) is 19.3. The lowest BCUT2D eigenvalue weighted by Crippen LogP contribution is -2.37. The zero-order valence-corrected chi connectivity index (χ0v) is 13.1. The number of nitrogens with one attached hydrogen (secondary N) is 1. The Bertz CT molecular complexity index is 571. The Morgan fingerprint density at radius 3 is 2.77 bits per heavy atom. The van der Waals surface area contributed by atoms with E-state index in [1.54, 1.807) is 18.2 Å². The largest absolute Gasteiger partial charge is 0.489 e. The van der Waals surface area contributed by atoms with Crippen LogP contribution in [0.2, 0.25) is 0 Å². The molecule has 6 heteroatoms. The number of hydrogen-bond acceptors (Lipinski definition) is 4. The van der Waals surface area contributed by atoms with Crippen LogP contribution in [0.15, 0.2) is 18.2 Å². The van der Waals surface area contributed by atoms with Crippen LogP contribution in [0.1, 0.15) is 31.7 Å². The van der Waals surface area contributed by atoms with Crippen molar-refractivity contribution in [1.82, 2.24) is 4.90 Å². The molecule has 0 bridgehead atoms. The van der Waals surface area contributed by atoms with Gasteiger partial charge in [0, 0.05) is 5.92 Å². The van der Waals surface area contributed by atoms with Gasteiger partial charge >= 0.3 is 6.09 Å². The van der Waals surface area contributed by atoms with Gasteiger partial charge in [0.15, 0.2) is 5.78 Å². The van der Waals surface area contributed by atoms with Crippen molar-refractivity contribution in [3.05, 3.63) is 23.8 Å². The van der Waals surface area contributed by atoms with Gasteiger partial charge in [0.1, 0.15) is 5.75 Å². The molecule has 0 radical (unpaired) electrons. The number of ether oxygens (including phenoxy) is 1. The predicted octanol–water partition coefficient (Wildman–Crippen LogP) is 2.55. The smallest absolute Gasteiger partial charge is 0.409 e. The minimum Gasteiger partial charge on any atom is -0.489 e. The average Bonchev–Trinajstić information content (AvgIpc) is 2.40. The molecule has 1 aromatic rings. The highest BCUT2D eigenvalue weighted by Crippen LogP contribution is 2.33. The van der Waals surface area contributed by atoms with Gasteiger partial charge in [-0.15, -0.1) is 0 Å². The van der Waals surface area contributed by atoms with Gasteiger partial charge in [0.25, 0.3) is 0 Å². The highest BCUT2D eigenvalue weighted by molar-refractivity contribution is 5.89. The van der Waals surface area contributed by atoms with Crippen LogP contribution in [0.3, 0.4) is 0 Å². The lowest BCUT2D eigenvalue weighted by molar-refractivity contribution is -0.123. The highest BCUT2D eigenvalue weighted by Gasteiger charge is 2.27. The van der Waals surface area contributed by atoms with E-state index in [9.17, 15) is 9.59 Å². The minimum atomic E-state index is -1.14. The molecule has 0 aromatic heterocycles. The molecular weight excluding hydrogens is 284 g/mol. The molecular formula is C16H22N2O4. The molecule has 0 spiro atoms. The number of carboxylic acid groups (broad SMARTS) is 1. The molecule has 0 aliphatic carbocycles. The fourth-order valence-corrected chi connectivity index (χ4v) is 2.64. The third-order valence-corrected chi connectivity index (χ3v) is 3.63. The maximum Gasteiger partial charge on any atom is 0.409 e. The summed E-state index contributed by atoms with van der Waals surface area (Å²) < 4.78 is 5.69. The van der Waals surface area contributed by atoms with Gasteiger partial charge in [-0.05, 0) is 51.6 Å². The van der Waals surface area contributed by atoms with Gasteiger partial charge in [-0.1, -0.05) is 6.07 Å². The second kappa shape index (κ2) is 6.79. The summed E-state index contributed by atoms with van der Waals surface area (Å²) >= 11 is 0. The molecule has 1 fully saturated rings. The van der Waals surface area contributed by atoms with E-state index in [-0.39, 0.29) is 17.8 Å². The van der Waals surface area contributed by atoms with E-state index in [4.69, 9.17) is 9.84 Å². The lowest BCUT2D eigenvalue weighted by atomic mass is 9.88. The van der Waals surface area contributed by atoms with E-state index in [0.29, 0.717) is 18.0 Å². The highest BCUT2D eigenvalue weighted by atomic mass is 16.5. The van der Waals surface area contributed by atoms with Crippen LogP contribution in [0, 0.1) is 0 Å². The lowest BCUT2D eigenvalue weighted by Gasteiger charge is -2.28. The van der Waals surface area contributed by atoms with Crippen molar-refractivity contribution in [3.63, 3.8) is 0 Å². The van der Waals surface area contributed by atoms with Crippen LogP contribution in [0.5, 0.6) is 5.75 Å².